The maximum absolute atomic E-state index is 13.7. The fraction of sp³-hybridized carbons (Fsp3) is 0.0769. The molecule has 0 amide bonds. The van der Waals surface area contributed by atoms with Crippen LogP contribution in [0.1, 0.15) is 0 Å². The third-order valence-corrected chi connectivity index (χ3v) is 2.75. The van der Waals surface area contributed by atoms with Gasteiger partial charge in [0.15, 0.2) is 0 Å². The van der Waals surface area contributed by atoms with E-state index in [4.69, 9.17) is 4.52 Å². The summed E-state index contributed by atoms with van der Waals surface area (Å²) in [4.78, 5) is 4.17. The van der Waals surface area contributed by atoms with Gasteiger partial charge in [-0.3, -0.25) is 0 Å². The summed E-state index contributed by atoms with van der Waals surface area (Å²) in [6.45, 7) is 0. The average Bonchev–Trinajstić information content (AvgIpc) is 2.88. The van der Waals surface area contributed by atoms with Crippen molar-refractivity contribution in [3.8, 4) is 11.4 Å². The highest BCUT2D eigenvalue weighted by atomic mass is 19.1. The van der Waals surface area contributed by atoms with Gasteiger partial charge in [0.2, 0.25) is 5.82 Å². The molecule has 2 aromatic carbocycles. The molecule has 0 fully saturated rings. The summed E-state index contributed by atoms with van der Waals surface area (Å²) in [7, 11) is 1.69. The Hall–Kier alpha value is -2.43. The van der Waals surface area contributed by atoms with Gasteiger partial charge in [0, 0.05) is 18.0 Å². The van der Waals surface area contributed by atoms with Crippen molar-refractivity contribution in [3.05, 3.63) is 42.2 Å². The highest BCUT2D eigenvalue weighted by Gasteiger charge is 2.12. The summed E-state index contributed by atoms with van der Waals surface area (Å²) < 4.78 is 18.7. The second-order valence-corrected chi connectivity index (χ2v) is 3.81. The monoisotopic (exact) mass is 243 g/mol. The normalized spacial score (nSPS) is 10.8. The van der Waals surface area contributed by atoms with Gasteiger partial charge in [0.1, 0.15) is 5.82 Å². The summed E-state index contributed by atoms with van der Waals surface area (Å²) >= 11 is 0. The maximum atomic E-state index is 13.7. The van der Waals surface area contributed by atoms with E-state index in [1.54, 1.807) is 25.2 Å². The molecule has 4 nitrogen and oxygen atoms in total. The molecule has 1 heterocycles. The molecule has 90 valence electrons. The molecule has 1 aromatic heterocycles. The van der Waals surface area contributed by atoms with Crippen LogP contribution in [-0.2, 0) is 0 Å². The highest BCUT2D eigenvalue weighted by molar-refractivity contribution is 5.95. The zero-order valence-corrected chi connectivity index (χ0v) is 9.64. The minimum atomic E-state index is -0.258. The van der Waals surface area contributed by atoms with Crippen molar-refractivity contribution in [2.45, 2.75) is 0 Å². The molecular weight excluding hydrogens is 233 g/mol. The number of halogens is 1. The van der Waals surface area contributed by atoms with Crippen LogP contribution in [-0.4, -0.2) is 17.2 Å². The molecule has 0 bridgehead atoms. The lowest BCUT2D eigenvalue weighted by Crippen LogP contribution is -1.88. The first-order valence-electron chi connectivity index (χ1n) is 5.48. The standard InChI is InChI=1S/C13H10FN3O/c1-15-13-16-12(17-18-13)10-6-7-11(14)9-5-3-2-4-8(9)10/h2-7H,1H3,(H,15,16,17). The molecular formula is C13H10FN3O. The van der Waals surface area contributed by atoms with Crippen LogP contribution in [0, 0.1) is 5.82 Å². The Morgan fingerprint density at radius 3 is 2.61 bits per heavy atom. The van der Waals surface area contributed by atoms with Gasteiger partial charge in [-0.25, -0.2) is 4.39 Å². The molecule has 18 heavy (non-hydrogen) atoms. The van der Waals surface area contributed by atoms with Crippen LogP contribution in [0.4, 0.5) is 10.4 Å². The summed E-state index contributed by atoms with van der Waals surface area (Å²) in [6.07, 6.45) is 0. The number of nitrogens with zero attached hydrogens (tertiary/aromatic N) is 2. The third kappa shape index (κ3) is 1.60. The van der Waals surface area contributed by atoms with E-state index in [1.807, 2.05) is 12.1 Å². The van der Waals surface area contributed by atoms with E-state index in [-0.39, 0.29) is 5.82 Å². The Bertz CT molecular complexity index is 708. The molecule has 1 N–H and O–H groups in total. The van der Waals surface area contributed by atoms with Crippen molar-refractivity contribution in [1.29, 1.82) is 0 Å². The molecule has 3 aromatic rings. The first kappa shape index (κ1) is 10.7. The minimum absolute atomic E-state index is 0.258. The number of fused-ring (bicyclic) bond motifs is 1. The number of aromatic nitrogens is 2. The first-order valence-corrected chi connectivity index (χ1v) is 5.48. The van der Waals surface area contributed by atoms with Crippen molar-refractivity contribution >= 4 is 16.8 Å². The Morgan fingerprint density at radius 2 is 1.89 bits per heavy atom. The molecule has 0 aliphatic heterocycles. The highest BCUT2D eigenvalue weighted by Crippen LogP contribution is 2.28. The minimum Gasteiger partial charge on any atom is -0.341 e. The Morgan fingerprint density at radius 1 is 1.11 bits per heavy atom. The number of benzene rings is 2. The van der Waals surface area contributed by atoms with Gasteiger partial charge < -0.3 is 9.84 Å². The van der Waals surface area contributed by atoms with Gasteiger partial charge in [0.25, 0.3) is 0 Å². The van der Waals surface area contributed by atoms with Gasteiger partial charge in [-0.1, -0.05) is 29.4 Å². The average molecular weight is 243 g/mol. The number of rotatable bonds is 2. The largest absolute Gasteiger partial charge is 0.341 e. The topological polar surface area (TPSA) is 51.0 Å². The van der Waals surface area contributed by atoms with E-state index in [9.17, 15) is 4.39 Å². The third-order valence-electron chi connectivity index (χ3n) is 2.75. The molecule has 5 heteroatoms. The van der Waals surface area contributed by atoms with E-state index in [1.165, 1.54) is 6.07 Å². The summed E-state index contributed by atoms with van der Waals surface area (Å²) in [6, 6.07) is 10.6. The number of hydrogen-bond donors (Lipinski definition) is 1. The SMILES string of the molecule is CNc1nc(-c2ccc(F)c3ccccc23)no1. The zero-order chi connectivity index (χ0) is 12.5. The van der Waals surface area contributed by atoms with Crippen molar-refractivity contribution in [1.82, 2.24) is 10.1 Å². The lowest BCUT2D eigenvalue weighted by Gasteiger charge is -2.03. The van der Waals surface area contributed by atoms with Crippen LogP contribution >= 0.6 is 0 Å². The Labute approximate surface area is 102 Å². The molecule has 0 spiro atoms. The lowest BCUT2D eigenvalue weighted by atomic mass is 10.0. The van der Waals surface area contributed by atoms with Crippen LogP contribution in [0.5, 0.6) is 0 Å². The molecule has 0 unspecified atom stereocenters. The van der Waals surface area contributed by atoms with Gasteiger partial charge in [0.05, 0.1) is 0 Å². The second-order valence-electron chi connectivity index (χ2n) is 3.81. The summed E-state index contributed by atoms with van der Waals surface area (Å²) in [5, 5.41) is 7.94. The molecule has 0 saturated heterocycles. The summed E-state index contributed by atoms with van der Waals surface area (Å²) in [5.74, 6) is 0.183. The zero-order valence-electron chi connectivity index (χ0n) is 9.64. The second kappa shape index (κ2) is 4.10. The number of hydrogen-bond acceptors (Lipinski definition) is 4. The van der Waals surface area contributed by atoms with Crippen molar-refractivity contribution in [2.24, 2.45) is 0 Å². The van der Waals surface area contributed by atoms with Gasteiger partial charge >= 0.3 is 6.01 Å². The van der Waals surface area contributed by atoms with E-state index >= 15 is 0 Å². The number of nitrogens with one attached hydrogen (secondary N) is 1. The predicted molar refractivity (Wildman–Crippen MR) is 66.7 cm³/mol. The van der Waals surface area contributed by atoms with Gasteiger partial charge in [-0.2, -0.15) is 4.98 Å². The maximum Gasteiger partial charge on any atom is 0.321 e. The van der Waals surface area contributed by atoms with E-state index < -0.39 is 0 Å². The van der Waals surface area contributed by atoms with E-state index in [0.29, 0.717) is 17.2 Å². The predicted octanol–water partition coefficient (Wildman–Crippen LogP) is 3.07. The molecule has 0 atom stereocenters. The van der Waals surface area contributed by atoms with E-state index in [0.717, 1.165) is 10.9 Å². The molecule has 0 saturated carbocycles. The van der Waals surface area contributed by atoms with Gasteiger partial charge in [-0.05, 0) is 17.5 Å². The Balaban J connectivity index is 2.26. The lowest BCUT2D eigenvalue weighted by molar-refractivity contribution is 0.434. The van der Waals surface area contributed by atoms with Crippen LogP contribution in [0.3, 0.4) is 0 Å². The first-order chi connectivity index (χ1) is 8.79. The van der Waals surface area contributed by atoms with Crippen LogP contribution in [0.25, 0.3) is 22.2 Å². The summed E-state index contributed by atoms with van der Waals surface area (Å²) in [5.41, 5.74) is 0.747. The van der Waals surface area contributed by atoms with Crippen LogP contribution in [0.2, 0.25) is 0 Å². The Kier molecular flexibility index (Phi) is 2.44. The molecule has 0 aliphatic carbocycles. The van der Waals surface area contributed by atoms with Gasteiger partial charge in [-0.15, -0.1) is 0 Å². The molecule has 0 aliphatic rings. The quantitative estimate of drug-likeness (QED) is 0.751. The number of anilines is 1. The van der Waals surface area contributed by atoms with Crippen LogP contribution in [0.15, 0.2) is 40.9 Å². The fourth-order valence-electron chi connectivity index (χ4n) is 1.89. The van der Waals surface area contributed by atoms with Crippen molar-refractivity contribution < 1.29 is 8.91 Å². The molecule has 3 rings (SSSR count). The smallest absolute Gasteiger partial charge is 0.321 e. The van der Waals surface area contributed by atoms with Crippen LogP contribution < -0.4 is 5.32 Å². The van der Waals surface area contributed by atoms with Crippen molar-refractivity contribution in [2.75, 3.05) is 12.4 Å². The fourth-order valence-corrected chi connectivity index (χ4v) is 1.89. The van der Waals surface area contributed by atoms with Crippen molar-refractivity contribution in [3.63, 3.8) is 0 Å². The molecule has 0 radical (unpaired) electrons. The van der Waals surface area contributed by atoms with E-state index in [2.05, 4.69) is 15.5 Å².